The first kappa shape index (κ1) is 10.8. The van der Waals surface area contributed by atoms with Crippen LogP contribution in [0.4, 0.5) is 5.95 Å². The molecule has 2 rings (SSSR count). The fraction of sp³-hybridized carbons (Fsp3) is 0.778. The molecule has 1 aliphatic heterocycles. The summed E-state index contributed by atoms with van der Waals surface area (Å²) in [6.45, 7) is 1.85. The molecule has 0 aliphatic carbocycles. The molecule has 0 radical (unpaired) electrons. The van der Waals surface area contributed by atoms with Crippen LogP contribution in [-0.4, -0.2) is 46.3 Å². The van der Waals surface area contributed by atoms with Gasteiger partial charge in [-0.25, -0.2) is 0 Å². The molecular formula is C9H17N5S. The molecule has 1 fully saturated rings. The van der Waals surface area contributed by atoms with Gasteiger partial charge in [0.05, 0.1) is 0 Å². The predicted molar refractivity (Wildman–Crippen MR) is 63.3 cm³/mol. The molecule has 1 unspecified atom stereocenters. The summed E-state index contributed by atoms with van der Waals surface area (Å²) < 4.78 is 0. The van der Waals surface area contributed by atoms with E-state index in [1.165, 1.54) is 0 Å². The van der Waals surface area contributed by atoms with Crippen molar-refractivity contribution in [2.45, 2.75) is 18.9 Å². The van der Waals surface area contributed by atoms with Crippen LogP contribution in [0.15, 0.2) is 0 Å². The van der Waals surface area contributed by atoms with Gasteiger partial charge in [-0.05, 0) is 12.7 Å². The standard InChI is InChI=1S/C9H17N5S/c1-15-5-3-8-11-9(13-12-8)14-4-2-7(10)6-14/h7H,2-6,10H2,1H3,(H,11,12,13). The molecule has 1 aliphatic rings. The summed E-state index contributed by atoms with van der Waals surface area (Å²) in [7, 11) is 0. The van der Waals surface area contributed by atoms with E-state index in [4.69, 9.17) is 5.73 Å². The Balaban J connectivity index is 1.94. The highest BCUT2D eigenvalue weighted by Gasteiger charge is 2.22. The van der Waals surface area contributed by atoms with Crippen LogP contribution in [0.2, 0.25) is 0 Å². The highest BCUT2D eigenvalue weighted by atomic mass is 32.2. The molecule has 0 saturated carbocycles. The van der Waals surface area contributed by atoms with Crippen LogP contribution in [0.3, 0.4) is 0 Å². The molecule has 0 aromatic carbocycles. The second-order valence-electron chi connectivity index (χ2n) is 3.82. The third-order valence-corrected chi connectivity index (χ3v) is 3.18. The second kappa shape index (κ2) is 4.85. The number of hydrogen-bond donors (Lipinski definition) is 2. The van der Waals surface area contributed by atoms with Crippen molar-refractivity contribution in [1.82, 2.24) is 15.2 Å². The lowest BCUT2D eigenvalue weighted by Gasteiger charge is -2.11. The molecule has 2 heterocycles. The topological polar surface area (TPSA) is 70.8 Å². The number of thioether (sulfide) groups is 1. The normalized spacial score (nSPS) is 21.2. The van der Waals surface area contributed by atoms with Crippen LogP contribution in [-0.2, 0) is 6.42 Å². The molecule has 1 aromatic rings. The van der Waals surface area contributed by atoms with Gasteiger partial charge in [0, 0.05) is 31.3 Å². The minimum absolute atomic E-state index is 0.276. The Morgan fingerprint density at radius 3 is 3.20 bits per heavy atom. The SMILES string of the molecule is CSCCc1nc(N2CCC(N)C2)n[nH]1. The van der Waals surface area contributed by atoms with E-state index in [1.807, 2.05) is 11.8 Å². The minimum Gasteiger partial charge on any atom is -0.338 e. The summed E-state index contributed by atoms with van der Waals surface area (Å²) >= 11 is 1.82. The summed E-state index contributed by atoms with van der Waals surface area (Å²) in [6.07, 6.45) is 4.08. The maximum absolute atomic E-state index is 5.84. The third-order valence-electron chi connectivity index (χ3n) is 2.57. The average Bonchev–Trinajstić information content (AvgIpc) is 2.83. The van der Waals surface area contributed by atoms with Gasteiger partial charge in [0.15, 0.2) is 0 Å². The highest BCUT2D eigenvalue weighted by Crippen LogP contribution is 2.14. The molecular weight excluding hydrogens is 210 g/mol. The Bertz CT molecular complexity index is 313. The lowest BCUT2D eigenvalue weighted by molar-refractivity contribution is 0.750. The van der Waals surface area contributed by atoms with E-state index in [1.54, 1.807) is 0 Å². The Labute approximate surface area is 93.8 Å². The summed E-state index contributed by atoms with van der Waals surface area (Å²) in [6, 6.07) is 0.276. The van der Waals surface area contributed by atoms with E-state index in [0.717, 1.165) is 43.5 Å². The largest absolute Gasteiger partial charge is 0.338 e. The molecule has 0 bridgehead atoms. The first-order valence-electron chi connectivity index (χ1n) is 5.20. The Morgan fingerprint density at radius 2 is 2.53 bits per heavy atom. The summed E-state index contributed by atoms with van der Waals surface area (Å²) in [5.41, 5.74) is 5.84. The molecule has 6 heteroatoms. The first-order valence-corrected chi connectivity index (χ1v) is 6.59. The average molecular weight is 227 g/mol. The van der Waals surface area contributed by atoms with Gasteiger partial charge in [-0.15, -0.1) is 5.10 Å². The van der Waals surface area contributed by atoms with Gasteiger partial charge < -0.3 is 10.6 Å². The third kappa shape index (κ3) is 2.63. The smallest absolute Gasteiger partial charge is 0.244 e. The number of nitrogens with one attached hydrogen (secondary N) is 1. The zero-order valence-corrected chi connectivity index (χ0v) is 9.76. The number of aryl methyl sites for hydroxylation is 1. The summed E-state index contributed by atoms with van der Waals surface area (Å²) in [4.78, 5) is 6.60. The van der Waals surface area contributed by atoms with Crippen molar-refractivity contribution >= 4 is 17.7 Å². The summed E-state index contributed by atoms with van der Waals surface area (Å²) in [5, 5.41) is 7.19. The Kier molecular flexibility index (Phi) is 3.48. The van der Waals surface area contributed by atoms with E-state index in [0.29, 0.717) is 0 Å². The van der Waals surface area contributed by atoms with Gasteiger partial charge >= 0.3 is 0 Å². The Morgan fingerprint density at radius 1 is 1.67 bits per heavy atom. The number of hydrogen-bond acceptors (Lipinski definition) is 5. The Hall–Kier alpha value is -0.750. The lowest BCUT2D eigenvalue weighted by atomic mass is 10.3. The van der Waals surface area contributed by atoms with E-state index < -0.39 is 0 Å². The van der Waals surface area contributed by atoms with Gasteiger partial charge in [0.25, 0.3) is 0 Å². The molecule has 1 saturated heterocycles. The molecule has 1 atom stereocenters. The van der Waals surface area contributed by atoms with E-state index in [-0.39, 0.29) is 6.04 Å². The quantitative estimate of drug-likeness (QED) is 0.771. The number of H-pyrrole nitrogens is 1. The van der Waals surface area contributed by atoms with Gasteiger partial charge in [-0.2, -0.15) is 16.7 Å². The number of anilines is 1. The highest BCUT2D eigenvalue weighted by molar-refractivity contribution is 7.98. The molecule has 3 N–H and O–H groups in total. The lowest BCUT2D eigenvalue weighted by Crippen LogP contribution is -2.27. The second-order valence-corrected chi connectivity index (χ2v) is 4.81. The van der Waals surface area contributed by atoms with E-state index >= 15 is 0 Å². The zero-order chi connectivity index (χ0) is 10.7. The van der Waals surface area contributed by atoms with Crippen molar-refractivity contribution < 1.29 is 0 Å². The van der Waals surface area contributed by atoms with Crippen molar-refractivity contribution in [1.29, 1.82) is 0 Å². The number of rotatable bonds is 4. The van der Waals surface area contributed by atoms with Crippen molar-refractivity contribution in [3.63, 3.8) is 0 Å². The van der Waals surface area contributed by atoms with Crippen LogP contribution in [0.5, 0.6) is 0 Å². The maximum Gasteiger partial charge on any atom is 0.244 e. The zero-order valence-electron chi connectivity index (χ0n) is 8.94. The van der Waals surface area contributed by atoms with Crippen molar-refractivity contribution in [3.05, 3.63) is 5.82 Å². The molecule has 84 valence electrons. The number of aromatic nitrogens is 3. The van der Waals surface area contributed by atoms with Crippen LogP contribution in [0, 0.1) is 0 Å². The van der Waals surface area contributed by atoms with Crippen molar-refractivity contribution in [3.8, 4) is 0 Å². The summed E-state index contributed by atoms with van der Waals surface area (Å²) in [5.74, 6) is 2.85. The monoisotopic (exact) mass is 227 g/mol. The van der Waals surface area contributed by atoms with Gasteiger partial charge in [0.2, 0.25) is 5.95 Å². The maximum atomic E-state index is 5.84. The number of aromatic amines is 1. The van der Waals surface area contributed by atoms with Crippen LogP contribution in [0.25, 0.3) is 0 Å². The number of nitrogens with two attached hydrogens (primary N) is 1. The van der Waals surface area contributed by atoms with Gasteiger partial charge in [0.1, 0.15) is 5.82 Å². The van der Waals surface area contributed by atoms with Crippen molar-refractivity contribution in [2.75, 3.05) is 30.0 Å². The van der Waals surface area contributed by atoms with Crippen LogP contribution in [0.1, 0.15) is 12.2 Å². The molecule has 1 aromatic heterocycles. The fourth-order valence-electron chi connectivity index (χ4n) is 1.71. The molecule has 15 heavy (non-hydrogen) atoms. The van der Waals surface area contributed by atoms with E-state index in [9.17, 15) is 0 Å². The number of nitrogens with zero attached hydrogens (tertiary/aromatic N) is 3. The fourth-order valence-corrected chi connectivity index (χ4v) is 2.10. The van der Waals surface area contributed by atoms with Crippen LogP contribution < -0.4 is 10.6 Å². The van der Waals surface area contributed by atoms with Crippen molar-refractivity contribution in [2.24, 2.45) is 5.73 Å². The minimum atomic E-state index is 0.276. The van der Waals surface area contributed by atoms with E-state index in [2.05, 4.69) is 26.3 Å². The van der Waals surface area contributed by atoms with Crippen LogP contribution >= 0.6 is 11.8 Å². The molecule has 0 spiro atoms. The van der Waals surface area contributed by atoms with Gasteiger partial charge in [-0.1, -0.05) is 0 Å². The van der Waals surface area contributed by atoms with Gasteiger partial charge in [-0.3, -0.25) is 5.10 Å². The predicted octanol–water partition coefficient (Wildman–Crippen LogP) is 0.248. The first-order chi connectivity index (χ1) is 7.29. The molecule has 5 nitrogen and oxygen atoms in total. The molecule has 0 amide bonds.